The second-order valence-electron chi connectivity index (χ2n) is 5.94. The number of fused-ring (bicyclic) bond motifs is 1. The van der Waals surface area contributed by atoms with Crippen LogP contribution >= 0.6 is 15.9 Å². The van der Waals surface area contributed by atoms with E-state index in [2.05, 4.69) is 37.4 Å². The number of para-hydroxylation sites is 1. The van der Waals surface area contributed by atoms with E-state index in [1.807, 2.05) is 24.3 Å². The highest BCUT2D eigenvalue weighted by Crippen LogP contribution is 2.36. The number of halogens is 1. The number of carbonyl (C=O) groups excluding carboxylic acids is 1. The Morgan fingerprint density at radius 2 is 2.10 bits per heavy atom. The zero-order valence-electron chi connectivity index (χ0n) is 16.1. The average Bonchev–Trinajstić information content (AvgIpc) is 2.76. The molecule has 7 nitrogen and oxygen atoms in total. The first-order valence-electron chi connectivity index (χ1n) is 8.84. The number of nitrogens with zero attached hydrogens (tertiary/aromatic N) is 2. The summed E-state index contributed by atoms with van der Waals surface area (Å²) in [5.74, 6) is 3.51. The zero-order valence-corrected chi connectivity index (χ0v) is 17.7. The summed E-state index contributed by atoms with van der Waals surface area (Å²) in [4.78, 5) is 16.3. The molecule has 0 aliphatic heterocycles. The van der Waals surface area contributed by atoms with Crippen LogP contribution in [-0.2, 0) is 4.79 Å². The first-order valence-corrected chi connectivity index (χ1v) is 9.64. The molecule has 2 aromatic carbocycles. The van der Waals surface area contributed by atoms with E-state index in [9.17, 15) is 4.79 Å². The van der Waals surface area contributed by atoms with Gasteiger partial charge in [0.05, 0.1) is 17.8 Å². The number of carbonyl (C=O) groups is 1. The number of ether oxygens (including phenoxy) is 3. The maximum absolute atomic E-state index is 12.1. The van der Waals surface area contributed by atoms with Gasteiger partial charge in [0.1, 0.15) is 17.9 Å². The van der Waals surface area contributed by atoms with Gasteiger partial charge in [0.2, 0.25) is 0 Å². The van der Waals surface area contributed by atoms with Gasteiger partial charge < -0.3 is 14.2 Å². The normalized spacial score (nSPS) is 10.6. The Hall–Kier alpha value is -3.57. The predicted molar refractivity (Wildman–Crippen MR) is 118 cm³/mol. The summed E-state index contributed by atoms with van der Waals surface area (Å²) in [6, 6.07) is 12.8. The number of rotatable bonds is 8. The van der Waals surface area contributed by atoms with Crippen molar-refractivity contribution in [2.45, 2.75) is 0 Å². The van der Waals surface area contributed by atoms with Gasteiger partial charge in [-0.05, 0) is 45.8 Å². The summed E-state index contributed by atoms with van der Waals surface area (Å²) in [7, 11) is 1.52. The smallest absolute Gasteiger partial charge is 0.277 e. The van der Waals surface area contributed by atoms with Crippen molar-refractivity contribution in [3.8, 4) is 29.6 Å². The van der Waals surface area contributed by atoms with Crippen molar-refractivity contribution in [3.05, 3.63) is 58.7 Å². The van der Waals surface area contributed by atoms with E-state index in [-0.39, 0.29) is 13.2 Å². The molecular weight excluding hydrogens is 450 g/mol. The molecule has 8 heteroatoms. The van der Waals surface area contributed by atoms with Crippen LogP contribution in [0, 0.1) is 12.3 Å². The van der Waals surface area contributed by atoms with Gasteiger partial charge in [0.15, 0.2) is 18.1 Å². The summed E-state index contributed by atoms with van der Waals surface area (Å²) in [6.07, 6.45) is 8.38. The minimum absolute atomic E-state index is 0.116. The number of nitrogens with one attached hydrogen (secondary N) is 1. The number of hydrazone groups is 1. The minimum Gasteiger partial charge on any atom is -0.493 e. The van der Waals surface area contributed by atoms with E-state index in [0.29, 0.717) is 32.8 Å². The number of benzene rings is 2. The van der Waals surface area contributed by atoms with Crippen molar-refractivity contribution in [2.75, 3.05) is 20.3 Å². The van der Waals surface area contributed by atoms with Gasteiger partial charge in [0, 0.05) is 11.6 Å². The number of hydrogen-bond donors (Lipinski definition) is 1. The fraction of sp³-hybridized carbons (Fsp3) is 0.136. The van der Waals surface area contributed by atoms with Gasteiger partial charge >= 0.3 is 0 Å². The molecule has 0 saturated heterocycles. The van der Waals surface area contributed by atoms with Gasteiger partial charge in [0.25, 0.3) is 5.91 Å². The topological polar surface area (TPSA) is 82.0 Å². The molecule has 0 aliphatic carbocycles. The first kappa shape index (κ1) is 21.1. The third kappa shape index (κ3) is 5.27. The fourth-order valence-corrected chi connectivity index (χ4v) is 3.19. The molecule has 30 heavy (non-hydrogen) atoms. The molecule has 0 unspecified atom stereocenters. The van der Waals surface area contributed by atoms with Crippen LogP contribution < -0.4 is 19.6 Å². The van der Waals surface area contributed by atoms with Crippen LogP contribution in [0.15, 0.2) is 58.2 Å². The zero-order chi connectivity index (χ0) is 21.3. The second kappa shape index (κ2) is 10.3. The van der Waals surface area contributed by atoms with E-state index < -0.39 is 5.91 Å². The molecule has 1 amide bonds. The first-order chi connectivity index (χ1) is 14.6. The minimum atomic E-state index is -0.404. The predicted octanol–water partition coefficient (Wildman–Crippen LogP) is 3.55. The van der Waals surface area contributed by atoms with Crippen molar-refractivity contribution in [3.63, 3.8) is 0 Å². The van der Waals surface area contributed by atoms with Crippen LogP contribution in [0.4, 0.5) is 0 Å². The van der Waals surface area contributed by atoms with Crippen molar-refractivity contribution in [1.29, 1.82) is 0 Å². The van der Waals surface area contributed by atoms with Crippen LogP contribution in [0.2, 0.25) is 0 Å². The molecule has 1 heterocycles. The lowest BCUT2D eigenvalue weighted by molar-refractivity contribution is -0.123. The van der Waals surface area contributed by atoms with Gasteiger partial charge in [-0.1, -0.05) is 24.1 Å². The lowest BCUT2D eigenvalue weighted by Crippen LogP contribution is -2.24. The van der Waals surface area contributed by atoms with Crippen molar-refractivity contribution < 1.29 is 19.0 Å². The SMILES string of the molecule is C#CCOc1c(Br)cc(C=NNC(=O)COc2cccc3cccnc23)cc1OC. The molecule has 0 radical (unpaired) electrons. The Kier molecular flexibility index (Phi) is 7.24. The number of hydrogen-bond acceptors (Lipinski definition) is 6. The van der Waals surface area contributed by atoms with Crippen molar-refractivity contribution >= 4 is 39.0 Å². The maximum atomic E-state index is 12.1. The lowest BCUT2D eigenvalue weighted by Gasteiger charge is -2.11. The highest BCUT2D eigenvalue weighted by Gasteiger charge is 2.11. The molecule has 0 aliphatic rings. The van der Waals surface area contributed by atoms with Gasteiger partial charge in [-0.15, -0.1) is 6.42 Å². The van der Waals surface area contributed by atoms with E-state index in [1.54, 1.807) is 24.4 Å². The highest BCUT2D eigenvalue weighted by molar-refractivity contribution is 9.10. The van der Waals surface area contributed by atoms with E-state index >= 15 is 0 Å². The molecule has 1 N–H and O–H groups in total. The van der Waals surface area contributed by atoms with Crippen LogP contribution in [-0.4, -0.2) is 37.4 Å². The molecule has 0 fully saturated rings. The van der Waals surface area contributed by atoms with Crippen LogP contribution in [0.25, 0.3) is 10.9 Å². The molecule has 0 spiro atoms. The summed E-state index contributed by atoms with van der Waals surface area (Å²) in [6.45, 7) is -0.0798. The Morgan fingerprint density at radius 3 is 2.90 bits per heavy atom. The molecular formula is C22H18BrN3O4. The Bertz CT molecular complexity index is 1120. The maximum Gasteiger partial charge on any atom is 0.277 e. The van der Waals surface area contributed by atoms with Gasteiger partial charge in [-0.2, -0.15) is 5.10 Å². The third-order valence-electron chi connectivity index (χ3n) is 3.91. The summed E-state index contributed by atoms with van der Waals surface area (Å²) in [5, 5.41) is 4.89. The Balaban J connectivity index is 1.60. The molecule has 152 valence electrons. The third-order valence-corrected chi connectivity index (χ3v) is 4.50. The number of pyridine rings is 1. The molecule has 0 bridgehead atoms. The summed E-state index contributed by atoms with van der Waals surface area (Å²) in [5.41, 5.74) is 3.81. The molecule has 0 saturated carbocycles. The van der Waals surface area contributed by atoms with E-state index in [4.69, 9.17) is 20.6 Å². The fourth-order valence-electron chi connectivity index (χ4n) is 2.62. The molecule has 0 atom stereocenters. The Morgan fingerprint density at radius 1 is 1.27 bits per heavy atom. The second-order valence-corrected chi connectivity index (χ2v) is 6.79. The summed E-state index contributed by atoms with van der Waals surface area (Å²) >= 11 is 3.41. The number of amides is 1. The van der Waals surface area contributed by atoms with Crippen LogP contribution in [0.3, 0.4) is 0 Å². The molecule has 3 aromatic rings. The summed E-state index contributed by atoms with van der Waals surface area (Å²) < 4.78 is 17.0. The van der Waals surface area contributed by atoms with Crippen LogP contribution in [0.5, 0.6) is 17.2 Å². The van der Waals surface area contributed by atoms with Crippen LogP contribution in [0.1, 0.15) is 5.56 Å². The average molecular weight is 468 g/mol. The monoisotopic (exact) mass is 467 g/mol. The molecule has 3 rings (SSSR count). The number of aromatic nitrogens is 1. The number of terminal acetylenes is 1. The number of methoxy groups -OCH3 is 1. The lowest BCUT2D eigenvalue weighted by atomic mass is 10.2. The molecule has 1 aromatic heterocycles. The van der Waals surface area contributed by atoms with Gasteiger partial charge in [-0.25, -0.2) is 5.43 Å². The van der Waals surface area contributed by atoms with Crippen molar-refractivity contribution in [1.82, 2.24) is 10.4 Å². The van der Waals surface area contributed by atoms with Crippen molar-refractivity contribution in [2.24, 2.45) is 5.10 Å². The van der Waals surface area contributed by atoms with Gasteiger partial charge in [-0.3, -0.25) is 9.78 Å². The largest absolute Gasteiger partial charge is 0.493 e. The quantitative estimate of drug-likeness (QED) is 0.311. The van der Waals surface area contributed by atoms with E-state index in [0.717, 1.165) is 5.39 Å². The Labute approximate surface area is 182 Å². The highest BCUT2D eigenvalue weighted by atomic mass is 79.9. The standard InChI is InChI=1S/C22H18BrN3O4/c1-3-10-29-22-17(23)11-15(12-19(22)28-2)13-25-26-20(27)14-30-18-8-4-6-16-7-5-9-24-21(16)18/h1,4-9,11-13H,10,14H2,2H3,(H,26,27). The van der Waals surface area contributed by atoms with E-state index in [1.165, 1.54) is 13.3 Å².